The van der Waals surface area contributed by atoms with E-state index in [1.807, 2.05) is 19.1 Å². The summed E-state index contributed by atoms with van der Waals surface area (Å²) in [4.78, 5) is 10.6. The molecule has 3 rings (SSSR count). The fourth-order valence-electron chi connectivity index (χ4n) is 2.14. The Kier molecular flexibility index (Phi) is 11.1. The van der Waals surface area contributed by atoms with Crippen LogP contribution in [0.2, 0.25) is 0 Å². The summed E-state index contributed by atoms with van der Waals surface area (Å²) in [5.41, 5.74) is 1.05. The summed E-state index contributed by atoms with van der Waals surface area (Å²) >= 11 is 1.43. The Hall–Kier alpha value is -2.41. The summed E-state index contributed by atoms with van der Waals surface area (Å²) in [6, 6.07) is 15.2. The number of hydrogen-bond donors (Lipinski definition) is 0. The third-order valence-electron chi connectivity index (χ3n) is 3.41. The van der Waals surface area contributed by atoms with Gasteiger partial charge < -0.3 is 4.79 Å². The lowest BCUT2D eigenvalue weighted by Gasteiger charge is -2.04. The summed E-state index contributed by atoms with van der Waals surface area (Å²) in [5, 5.41) is 3.87. The lowest BCUT2D eigenvalue weighted by atomic mass is 10.2. The summed E-state index contributed by atoms with van der Waals surface area (Å²) in [7, 11) is 1.30. The van der Waals surface area contributed by atoms with E-state index in [-0.39, 0.29) is 7.43 Å². The zero-order valence-electron chi connectivity index (χ0n) is 15.7. The van der Waals surface area contributed by atoms with Crippen molar-refractivity contribution in [1.29, 1.82) is 0 Å². The molecule has 28 heavy (non-hydrogen) atoms. The number of halogens is 3. The SMILES string of the molecule is C.CC=O.CCc1ccccc1.Cc1ccc(-c2cc(C(F)(F)F)n(C)n2)s1. The first-order chi connectivity index (χ1) is 12.7. The summed E-state index contributed by atoms with van der Waals surface area (Å²) in [6.45, 7) is 5.51. The van der Waals surface area contributed by atoms with Crippen LogP contribution < -0.4 is 0 Å². The molecule has 2 heterocycles. The molecule has 0 N–H and O–H groups in total. The van der Waals surface area contributed by atoms with E-state index >= 15 is 0 Å². The van der Waals surface area contributed by atoms with Crippen molar-refractivity contribution in [3.8, 4) is 10.6 Å². The van der Waals surface area contributed by atoms with Crippen molar-refractivity contribution >= 4 is 17.6 Å². The monoisotopic (exact) mass is 412 g/mol. The fraction of sp³-hybridized carbons (Fsp3) is 0.333. The van der Waals surface area contributed by atoms with Crippen molar-refractivity contribution in [2.24, 2.45) is 7.05 Å². The molecule has 0 bridgehead atoms. The number of alkyl halides is 3. The highest BCUT2D eigenvalue weighted by Gasteiger charge is 2.35. The average molecular weight is 413 g/mol. The van der Waals surface area contributed by atoms with Gasteiger partial charge in [-0.1, -0.05) is 44.7 Å². The Morgan fingerprint density at radius 2 is 1.71 bits per heavy atom. The Morgan fingerprint density at radius 3 is 2.07 bits per heavy atom. The molecule has 0 aliphatic carbocycles. The van der Waals surface area contributed by atoms with Gasteiger partial charge in [0, 0.05) is 11.9 Å². The second-order valence-electron chi connectivity index (χ2n) is 5.52. The van der Waals surface area contributed by atoms with Crippen molar-refractivity contribution in [3.63, 3.8) is 0 Å². The maximum Gasteiger partial charge on any atom is 0.433 e. The van der Waals surface area contributed by atoms with Crippen LogP contribution in [0.4, 0.5) is 13.2 Å². The van der Waals surface area contributed by atoms with Gasteiger partial charge in [0.25, 0.3) is 0 Å². The van der Waals surface area contributed by atoms with E-state index < -0.39 is 11.9 Å². The number of aldehydes is 1. The summed E-state index contributed by atoms with van der Waals surface area (Å²) < 4.78 is 38.4. The van der Waals surface area contributed by atoms with Gasteiger partial charge in [0.1, 0.15) is 17.7 Å². The average Bonchev–Trinajstić information content (AvgIpc) is 3.22. The molecule has 0 atom stereocenters. The van der Waals surface area contributed by atoms with E-state index in [1.165, 1.54) is 30.9 Å². The van der Waals surface area contributed by atoms with Gasteiger partial charge in [-0.25, -0.2) is 0 Å². The van der Waals surface area contributed by atoms with Crippen LogP contribution in [-0.2, 0) is 24.4 Å². The van der Waals surface area contributed by atoms with Crippen LogP contribution in [-0.4, -0.2) is 16.1 Å². The number of thiophene rings is 1. The maximum atomic E-state index is 12.5. The minimum Gasteiger partial charge on any atom is -0.304 e. The Labute approximate surface area is 168 Å². The van der Waals surface area contributed by atoms with Crippen molar-refractivity contribution in [3.05, 3.63) is 64.7 Å². The van der Waals surface area contributed by atoms with Crippen LogP contribution in [0, 0.1) is 6.92 Å². The van der Waals surface area contributed by atoms with Crippen molar-refractivity contribution < 1.29 is 18.0 Å². The smallest absolute Gasteiger partial charge is 0.304 e. The van der Waals surface area contributed by atoms with Gasteiger partial charge in [-0.15, -0.1) is 11.3 Å². The van der Waals surface area contributed by atoms with Crippen LogP contribution in [0.5, 0.6) is 0 Å². The first-order valence-corrected chi connectivity index (χ1v) is 9.16. The van der Waals surface area contributed by atoms with Gasteiger partial charge in [-0.05, 0) is 44.0 Å². The normalized spacial score (nSPS) is 9.96. The molecule has 0 amide bonds. The molecule has 3 nitrogen and oxygen atoms in total. The molecule has 0 radical (unpaired) electrons. The predicted molar refractivity (Wildman–Crippen MR) is 111 cm³/mol. The van der Waals surface area contributed by atoms with E-state index in [9.17, 15) is 13.2 Å². The van der Waals surface area contributed by atoms with Crippen LogP contribution in [0.1, 0.15) is 37.4 Å². The number of carbonyl (C=O) groups is 1. The maximum absolute atomic E-state index is 12.5. The standard InChI is InChI=1S/C10H9F3N2S.C8H10.C2H4O.CH4/c1-6-3-4-8(16-6)7-5-9(10(11,12)13)15(2)14-7;1-2-8-6-4-3-5-7-8;1-2-3;/h3-5H,1-2H3;3-7H,2H2,1H3;2H,1H3;1H4. The number of nitrogens with zero attached hydrogens (tertiary/aromatic N) is 2. The lowest BCUT2D eigenvalue weighted by molar-refractivity contribution is -0.143. The van der Waals surface area contributed by atoms with Crippen LogP contribution >= 0.6 is 11.3 Å². The second kappa shape index (κ2) is 12.1. The van der Waals surface area contributed by atoms with Gasteiger partial charge in [-0.3, -0.25) is 4.68 Å². The van der Waals surface area contributed by atoms with Crippen molar-refractivity contribution in [1.82, 2.24) is 9.78 Å². The molecule has 3 aromatic rings. The molecule has 2 aromatic heterocycles. The molecule has 0 saturated carbocycles. The van der Waals surface area contributed by atoms with Crippen LogP contribution in [0.3, 0.4) is 0 Å². The first-order valence-electron chi connectivity index (χ1n) is 8.34. The number of hydrogen-bond acceptors (Lipinski definition) is 3. The highest BCUT2D eigenvalue weighted by Crippen LogP contribution is 2.33. The highest BCUT2D eigenvalue weighted by atomic mass is 32.1. The van der Waals surface area contributed by atoms with Gasteiger partial charge >= 0.3 is 6.18 Å². The van der Waals surface area contributed by atoms with Crippen LogP contribution in [0.25, 0.3) is 10.6 Å². The summed E-state index contributed by atoms with van der Waals surface area (Å²) in [5.74, 6) is 0. The lowest BCUT2D eigenvalue weighted by Crippen LogP contribution is -2.11. The highest BCUT2D eigenvalue weighted by molar-refractivity contribution is 7.15. The largest absolute Gasteiger partial charge is 0.433 e. The number of carbonyl (C=O) groups excluding carboxylic acids is 1. The zero-order valence-corrected chi connectivity index (χ0v) is 16.6. The summed E-state index contributed by atoms with van der Waals surface area (Å²) in [6.07, 6.45) is -2.47. The van der Waals surface area contributed by atoms with E-state index in [2.05, 4.69) is 36.3 Å². The quantitative estimate of drug-likeness (QED) is 0.446. The van der Waals surface area contributed by atoms with Gasteiger partial charge in [0.05, 0.1) is 4.88 Å². The molecule has 7 heteroatoms. The topological polar surface area (TPSA) is 34.9 Å². The molecule has 0 aliphatic rings. The molecular formula is C21H27F3N2OS. The molecule has 0 saturated heterocycles. The third-order valence-corrected chi connectivity index (χ3v) is 4.44. The molecular weight excluding hydrogens is 385 g/mol. The molecule has 0 unspecified atom stereocenters. The molecule has 0 fully saturated rings. The number of aromatic nitrogens is 2. The first kappa shape index (κ1) is 25.6. The van der Waals surface area contributed by atoms with Gasteiger partial charge in [-0.2, -0.15) is 18.3 Å². The van der Waals surface area contributed by atoms with E-state index in [4.69, 9.17) is 4.79 Å². The minimum atomic E-state index is -4.35. The minimum absolute atomic E-state index is 0. The zero-order chi connectivity index (χ0) is 20.4. The van der Waals surface area contributed by atoms with Gasteiger partial charge in [0.15, 0.2) is 0 Å². The van der Waals surface area contributed by atoms with Crippen molar-refractivity contribution in [2.75, 3.05) is 0 Å². The Balaban J connectivity index is 0.000000512. The number of rotatable bonds is 2. The van der Waals surface area contributed by atoms with Gasteiger partial charge in [0.2, 0.25) is 0 Å². The second-order valence-corrected chi connectivity index (χ2v) is 6.81. The molecule has 0 aliphatic heterocycles. The van der Waals surface area contributed by atoms with E-state index in [0.717, 1.165) is 33.2 Å². The Morgan fingerprint density at radius 1 is 1.14 bits per heavy atom. The third kappa shape index (κ3) is 8.08. The fourth-order valence-corrected chi connectivity index (χ4v) is 2.96. The Bertz CT molecular complexity index is 824. The van der Waals surface area contributed by atoms with Crippen molar-refractivity contribution in [2.45, 2.75) is 40.8 Å². The number of benzene rings is 1. The van der Waals surface area contributed by atoms with E-state index in [1.54, 1.807) is 6.07 Å². The van der Waals surface area contributed by atoms with E-state index in [0.29, 0.717) is 5.69 Å². The predicted octanol–water partition coefficient (Wildman–Crippen LogP) is 6.57. The molecule has 0 spiro atoms. The van der Waals surface area contributed by atoms with Crippen LogP contribution in [0.15, 0.2) is 48.5 Å². The number of aryl methyl sites for hydroxylation is 3. The molecule has 1 aromatic carbocycles. The molecule has 154 valence electrons.